The maximum absolute atomic E-state index is 12.9. The molecule has 1 aromatic heterocycles. The second kappa shape index (κ2) is 6.91. The highest BCUT2D eigenvalue weighted by atomic mass is 79.9. The zero-order valence-corrected chi connectivity index (χ0v) is 15.8. The summed E-state index contributed by atoms with van der Waals surface area (Å²) in [5, 5.41) is 3.00. The van der Waals surface area contributed by atoms with Gasteiger partial charge < -0.3 is 10.2 Å². The molecule has 2 fully saturated rings. The molecule has 1 aliphatic heterocycles. The molecular weight excluding hydrogens is 378 g/mol. The molecule has 1 unspecified atom stereocenters. The molecule has 1 saturated carbocycles. The number of halogens is 1. The summed E-state index contributed by atoms with van der Waals surface area (Å²) in [6.45, 7) is 1.22. The van der Waals surface area contributed by atoms with Crippen molar-refractivity contribution < 1.29 is 14.5 Å². The molecule has 2 heterocycles. The Bertz CT molecular complexity index is 596. The maximum Gasteiger partial charge on any atom is 0.329 e. The van der Waals surface area contributed by atoms with E-state index in [9.17, 15) is 9.59 Å². The normalized spacial score (nSPS) is 22.3. The second-order valence-electron chi connectivity index (χ2n) is 6.66. The molecule has 1 saturated heterocycles. The van der Waals surface area contributed by atoms with Crippen molar-refractivity contribution in [2.24, 2.45) is 0 Å². The first-order valence-electron chi connectivity index (χ1n) is 8.20. The minimum absolute atomic E-state index is 0.0175. The summed E-state index contributed by atoms with van der Waals surface area (Å²) in [7, 11) is 2.02. The SMILES string of the molecule is C[NH+](Cc1ccc(Br)s1)CN1C(=O)NC2(CCCCCC2)C1=O. The number of amides is 3. The van der Waals surface area contributed by atoms with E-state index < -0.39 is 5.54 Å². The van der Waals surface area contributed by atoms with Gasteiger partial charge in [-0.1, -0.05) is 25.7 Å². The minimum Gasteiger partial charge on any atom is -0.323 e. The number of carbonyl (C=O) groups is 2. The van der Waals surface area contributed by atoms with Crippen molar-refractivity contribution in [3.05, 3.63) is 20.8 Å². The highest BCUT2D eigenvalue weighted by molar-refractivity contribution is 9.11. The molecule has 2 aliphatic rings. The zero-order valence-electron chi connectivity index (χ0n) is 13.4. The lowest BCUT2D eigenvalue weighted by atomic mass is 9.90. The van der Waals surface area contributed by atoms with E-state index in [2.05, 4.69) is 27.3 Å². The van der Waals surface area contributed by atoms with Crippen LogP contribution in [-0.4, -0.2) is 36.1 Å². The van der Waals surface area contributed by atoms with Crippen LogP contribution in [0.1, 0.15) is 43.4 Å². The fourth-order valence-corrected chi connectivity index (χ4v) is 5.16. The van der Waals surface area contributed by atoms with Crippen LogP contribution < -0.4 is 10.2 Å². The number of quaternary nitrogens is 1. The number of hydrogen-bond donors (Lipinski definition) is 2. The maximum atomic E-state index is 12.9. The van der Waals surface area contributed by atoms with E-state index in [1.165, 1.54) is 9.78 Å². The summed E-state index contributed by atoms with van der Waals surface area (Å²) in [6, 6.07) is 3.89. The van der Waals surface area contributed by atoms with Gasteiger partial charge in [0.2, 0.25) is 0 Å². The molecule has 1 spiro atoms. The predicted molar refractivity (Wildman–Crippen MR) is 93.3 cm³/mol. The fraction of sp³-hybridized carbons (Fsp3) is 0.625. The monoisotopic (exact) mass is 400 g/mol. The van der Waals surface area contributed by atoms with E-state index in [1.807, 2.05) is 13.1 Å². The molecule has 5 nitrogen and oxygen atoms in total. The Kier molecular flexibility index (Phi) is 5.08. The van der Waals surface area contributed by atoms with Gasteiger partial charge in [0.25, 0.3) is 5.91 Å². The molecule has 2 N–H and O–H groups in total. The molecule has 23 heavy (non-hydrogen) atoms. The Labute approximate surface area is 149 Å². The van der Waals surface area contributed by atoms with Crippen molar-refractivity contribution in [2.75, 3.05) is 13.7 Å². The first-order chi connectivity index (χ1) is 11.0. The van der Waals surface area contributed by atoms with Gasteiger partial charge in [-0.05, 0) is 40.9 Å². The Hall–Kier alpha value is -0.920. The number of nitrogens with one attached hydrogen (secondary N) is 2. The van der Waals surface area contributed by atoms with Crippen LogP contribution in [-0.2, 0) is 11.3 Å². The lowest BCUT2D eigenvalue weighted by Gasteiger charge is -2.25. The molecule has 7 heteroatoms. The number of hydrogen-bond acceptors (Lipinski definition) is 3. The Morgan fingerprint density at radius 1 is 1.26 bits per heavy atom. The largest absolute Gasteiger partial charge is 0.329 e. The van der Waals surface area contributed by atoms with Crippen molar-refractivity contribution in [3.8, 4) is 0 Å². The fourth-order valence-electron chi connectivity index (χ4n) is 3.56. The number of thiophene rings is 1. The highest BCUT2D eigenvalue weighted by Gasteiger charge is 2.51. The van der Waals surface area contributed by atoms with Crippen LogP contribution >= 0.6 is 27.3 Å². The van der Waals surface area contributed by atoms with Crippen LogP contribution in [0.25, 0.3) is 0 Å². The molecule has 126 valence electrons. The first-order valence-corrected chi connectivity index (χ1v) is 9.81. The number of rotatable bonds is 4. The Balaban J connectivity index is 1.65. The molecular formula is C16H23BrN3O2S+. The lowest BCUT2D eigenvalue weighted by molar-refractivity contribution is -0.900. The molecule has 1 atom stereocenters. The molecule has 0 aromatic carbocycles. The van der Waals surface area contributed by atoms with Crippen LogP contribution in [0, 0.1) is 0 Å². The Morgan fingerprint density at radius 3 is 2.57 bits per heavy atom. The van der Waals surface area contributed by atoms with Gasteiger partial charge in [0.1, 0.15) is 12.1 Å². The van der Waals surface area contributed by atoms with E-state index in [4.69, 9.17) is 0 Å². The van der Waals surface area contributed by atoms with Crippen LogP contribution in [0.2, 0.25) is 0 Å². The number of imide groups is 1. The number of carbonyl (C=O) groups excluding carboxylic acids is 2. The smallest absolute Gasteiger partial charge is 0.323 e. The first kappa shape index (κ1) is 16.9. The number of urea groups is 1. The average Bonchev–Trinajstić information content (AvgIpc) is 2.88. The summed E-state index contributed by atoms with van der Waals surface area (Å²) in [5.74, 6) is -0.0175. The van der Waals surface area contributed by atoms with Gasteiger partial charge in [-0.15, -0.1) is 11.3 Å². The summed E-state index contributed by atoms with van der Waals surface area (Å²) < 4.78 is 1.10. The third-order valence-electron chi connectivity index (χ3n) is 4.74. The second-order valence-corrected chi connectivity index (χ2v) is 9.21. The molecule has 1 aliphatic carbocycles. The quantitative estimate of drug-likeness (QED) is 0.760. The average molecular weight is 401 g/mol. The van der Waals surface area contributed by atoms with Crippen LogP contribution in [0.5, 0.6) is 0 Å². The molecule has 0 bridgehead atoms. The van der Waals surface area contributed by atoms with Crippen molar-refractivity contribution in [1.29, 1.82) is 0 Å². The van der Waals surface area contributed by atoms with E-state index in [-0.39, 0.29) is 11.9 Å². The van der Waals surface area contributed by atoms with Crippen molar-refractivity contribution >= 4 is 39.2 Å². The van der Waals surface area contributed by atoms with Gasteiger partial charge in [-0.3, -0.25) is 4.79 Å². The molecule has 0 radical (unpaired) electrons. The summed E-state index contributed by atoms with van der Waals surface area (Å²) in [6.07, 6.45) is 5.92. The predicted octanol–water partition coefficient (Wildman–Crippen LogP) is 2.13. The summed E-state index contributed by atoms with van der Waals surface area (Å²) in [5.41, 5.74) is -0.625. The summed E-state index contributed by atoms with van der Waals surface area (Å²) in [4.78, 5) is 29.0. The van der Waals surface area contributed by atoms with E-state index in [1.54, 1.807) is 11.3 Å². The Morgan fingerprint density at radius 2 is 1.96 bits per heavy atom. The van der Waals surface area contributed by atoms with Crippen molar-refractivity contribution in [3.63, 3.8) is 0 Å². The van der Waals surface area contributed by atoms with Gasteiger partial charge in [-0.2, -0.15) is 0 Å². The minimum atomic E-state index is -0.625. The third kappa shape index (κ3) is 3.61. The third-order valence-corrected chi connectivity index (χ3v) is 6.36. The van der Waals surface area contributed by atoms with Crippen molar-refractivity contribution in [1.82, 2.24) is 10.2 Å². The van der Waals surface area contributed by atoms with Crippen LogP contribution in [0.15, 0.2) is 15.9 Å². The van der Waals surface area contributed by atoms with Crippen molar-refractivity contribution in [2.45, 2.75) is 50.6 Å². The van der Waals surface area contributed by atoms with Crippen LogP contribution in [0.4, 0.5) is 4.79 Å². The zero-order chi connectivity index (χ0) is 16.4. The lowest BCUT2D eigenvalue weighted by Crippen LogP contribution is -3.09. The molecule has 3 amide bonds. The van der Waals surface area contributed by atoms with Gasteiger partial charge in [0.05, 0.1) is 15.7 Å². The standard InChI is InChI=1S/C16H22BrN3O2S/c1-19(10-12-6-7-13(17)23-12)11-20-14(21)16(18-15(20)22)8-4-2-3-5-9-16/h6-7H,2-5,8-11H2,1H3,(H,18,22)/p+1. The highest BCUT2D eigenvalue weighted by Crippen LogP contribution is 2.32. The van der Waals surface area contributed by atoms with Gasteiger partial charge >= 0.3 is 6.03 Å². The molecule has 3 rings (SSSR count). The van der Waals surface area contributed by atoms with Gasteiger partial charge in [0.15, 0.2) is 6.67 Å². The number of nitrogens with zero attached hydrogens (tertiary/aromatic N) is 1. The topological polar surface area (TPSA) is 53.9 Å². The van der Waals surface area contributed by atoms with E-state index in [0.29, 0.717) is 6.67 Å². The van der Waals surface area contributed by atoms with Crippen LogP contribution in [0.3, 0.4) is 0 Å². The van der Waals surface area contributed by atoms with Gasteiger partial charge in [-0.25, -0.2) is 9.69 Å². The summed E-state index contributed by atoms with van der Waals surface area (Å²) >= 11 is 5.16. The van der Waals surface area contributed by atoms with E-state index >= 15 is 0 Å². The molecule has 1 aromatic rings. The van der Waals surface area contributed by atoms with E-state index in [0.717, 1.165) is 53.8 Å². The van der Waals surface area contributed by atoms with Gasteiger partial charge in [0, 0.05) is 0 Å².